The van der Waals surface area contributed by atoms with Gasteiger partial charge in [0.1, 0.15) is 0 Å². The van der Waals surface area contributed by atoms with Crippen LogP contribution in [0.1, 0.15) is 19.4 Å². The molecule has 0 amide bonds. The average Bonchev–Trinajstić information content (AvgIpc) is 2.31. The number of halogens is 2. The highest BCUT2D eigenvalue weighted by atomic mass is 79.9. The largest absolute Gasteiger partial charge is 0.372 e. The normalized spacial score (nSPS) is 24.4. The van der Waals surface area contributed by atoms with Gasteiger partial charge in [0.2, 0.25) is 0 Å². The van der Waals surface area contributed by atoms with Crippen molar-refractivity contribution in [1.82, 2.24) is 0 Å². The first kappa shape index (κ1) is 13.8. The molecule has 2 unspecified atom stereocenters. The molecule has 100 valence electrons. The lowest BCUT2D eigenvalue weighted by Crippen LogP contribution is -2.45. The number of rotatable bonds is 2. The van der Waals surface area contributed by atoms with Crippen LogP contribution in [0.15, 0.2) is 16.6 Å². The summed E-state index contributed by atoms with van der Waals surface area (Å²) >= 11 is 3.28. The van der Waals surface area contributed by atoms with Crippen LogP contribution in [0.4, 0.5) is 10.1 Å². The topological polar surface area (TPSA) is 38.5 Å². The second-order valence-corrected chi connectivity index (χ2v) is 5.53. The second kappa shape index (κ2) is 5.55. The molecule has 1 aromatic rings. The molecular weight excluding hydrogens is 299 g/mol. The minimum Gasteiger partial charge on any atom is -0.372 e. The van der Waals surface area contributed by atoms with Gasteiger partial charge in [-0.3, -0.25) is 0 Å². The van der Waals surface area contributed by atoms with Gasteiger partial charge in [0.15, 0.2) is 5.82 Å². The van der Waals surface area contributed by atoms with Gasteiger partial charge >= 0.3 is 0 Å². The Morgan fingerprint density at radius 2 is 2.00 bits per heavy atom. The van der Waals surface area contributed by atoms with E-state index in [1.807, 2.05) is 24.8 Å². The maximum Gasteiger partial charge on any atom is 0.160 e. The van der Waals surface area contributed by atoms with E-state index in [-0.39, 0.29) is 18.0 Å². The van der Waals surface area contributed by atoms with E-state index >= 15 is 0 Å². The zero-order valence-electron chi connectivity index (χ0n) is 10.6. The highest BCUT2D eigenvalue weighted by molar-refractivity contribution is 9.10. The Kier molecular flexibility index (Phi) is 4.25. The molecule has 1 heterocycles. The van der Waals surface area contributed by atoms with Crippen molar-refractivity contribution in [1.29, 1.82) is 0 Å². The van der Waals surface area contributed by atoms with Crippen molar-refractivity contribution in [2.45, 2.75) is 32.6 Å². The van der Waals surface area contributed by atoms with Crippen molar-refractivity contribution in [3.05, 3.63) is 28.0 Å². The maximum atomic E-state index is 14.3. The Balaban J connectivity index is 2.30. The number of benzene rings is 1. The van der Waals surface area contributed by atoms with Crippen LogP contribution in [0.3, 0.4) is 0 Å². The summed E-state index contributed by atoms with van der Waals surface area (Å²) < 4.78 is 20.4. The Bertz CT molecular complexity index is 431. The molecule has 0 saturated carbocycles. The molecule has 0 aromatic heterocycles. The summed E-state index contributed by atoms with van der Waals surface area (Å²) in [5.41, 5.74) is 6.96. The van der Waals surface area contributed by atoms with Gasteiger partial charge in [-0.05, 0) is 41.4 Å². The van der Waals surface area contributed by atoms with Crippen LogP contribution in [0.2, 0.25) is 0 Å². The van der Waals surface area contributed by atoms with Gasteiger partial charge in [-0.2, -0.15) is 0 Å². The van der Waals surface area contributed by atoms with Crippen molar-refractivity contribution in [2.75, 3.05) is 18.0 Å². The summed E-state index contributed by atoms with van der Waals surface area (Å²) in [6, 6.07) is 3.67. The molecule has 1 fully saturated rings. The summed E-state index contributed by atoms with van der Waals surface area (Å²) in [7, 11) is 0. The molecule has 1 aromatic carbocycles. The van der Waals surface area contributed by atoms with E-state index in [1.54, 1.807) is 6.07 Å². The smallest absolute Gasteiger partial charge is 0.160 e. The third kappa shape index (κ3) is 2.68. The van der Waals surface area contributed by atoms with Crippen LogP contribution in [0, 0.1) is 5.82 Å². The van der Waals surface area contributed by atoms with Gasteiger partial charge in [0.25, 0.3) is 0 Å². The molecule has 1 aliphatic heterocycles. The lowest BCUT2D eigenvalue weighted by atomic mass is 10.1. The molecule has 0 radical (unpaired) electrons. The summed E-state index contributed by atoms with van der Waals surface area (Å²) in [5, 5.41) is 0. The first-order valence-corrected chi connectivity index (χ1v) is 6.89. The third-order valence-corrected chi connectivity index (χ3v) is 3.98. The van der Waals surface area contributed by atoms with Gasteiger partial charge in [0.05, 0.1) is 22.4 Å². The van der Waals surface area contributed by atoms with Crippen LogP contribution in [-0.2, 0) is 11.3 Å². The Morgan fingerprint density at radius 3 is 2.56 bits per heavy atom. The molecule has 2 atom stereocenters. The van der Waals surface area contributed by atoms with Gasteiger partial charge in [-0.25, -0.2) is 4.39 Å². The molecule has 1 aliphatic rings. The molecule has 0 aliphatic carbocycles. The van der Waals surface area contributed by atoms with Crippen LogP contribution in [-0.4, -0.2) is 25.3 Å². The van der Waals surface area contributed by atoms with E-state index < -0.39 is 0 Å². The molecule has 0 spiro atoms. The summed E-state index contributed by atoms with van der Waals surface area (Å²) in [6.07, 6.45) is 0.224. The Morgan fingerprint density at radius 1 is 1.39 bits per heavy atom. The minimum atomic E-state index is -0.237. The fourth-order valence-electron chi connectivity index (χ4n) is 2.36. The van der Waals surface area contributed by atoms with Gasteiger partial charge in [-0.15, -0.1) is 0 Å². The fraction of sp³-hybridized carbons (Fsp3) is 0.538. The number of nitrogens with two attached hydrogens (primary N) is 1. The van der Waals surface area contributed by atoms with E-state index in [4.69, 9.17) is 10.5 Å². The maximum absolute atomic E-state index is 14.3. The first-order valence-electron chi connectivity index (χ1n) is 6.10. The Labute approximate surface area is 115 Å². The average molecular weight is 317 g/mol. The van der Waals surface area contributed by atoms with Gasteiger partial charge in [0, 0.05) is 19.6 Å². The molecular formula is C13H18BrFN2O. The highest BCUT2D eigenvalue weighted by Gasteiger charge is 2.25. The zero-order chi connectivity index (χ0) is 13.3. The van der Waals surface area contributed by atoms with E-state index in [0.29, 0.717) is 29.8 Å². The monoisotopic (exact) mass is 316 g/mol. The predicted octanol–water partition coefficient (Wildman–Crippen LogP) is 2.66. The molecule has 0 bridgehead atoms. The van der Waals surface area contributed by atoms with Gasteiger partial charge in [-0.1, -0.05) is 6.07 Å². The standard InChI is InChI=1S/C13H18BrFN2O/c1-8-6-17(7-9(2)18-8)11-4-3-10(5-16)12(14)13(11)15/h3-4,8-9H,5-7,16H2,1-2H3. The van der Waals surface area contributed by atoms with Crippen LogP contribution in [0.25, 0.3) is 0 Å². The lowest BCUT2D eigenvalue weighted by Gasteiger charge is -2.37. The lowest BCUT2D eigenvalue weighted by molar-refractivity contribution is -0.00539. The van der Waals surface area contributed by atoms with Crippen LogP contribution in [0.5, 0.6) is 0 Å². The summed E-state index contributed by atoms with van der Waals surface area (Å²) in [4.78, 5) is 2.03. The first-order chi connectivity index (χ1) is 8.52. The molecule has 18 heavy (non-hydrogen) atoms. The van der Waals surface area contributed by atoms with Crippen molar-refractivity contribution in [3.8, 4) is 0 Å². The van der Waals surface area contributed by atoms with Crippen molar-refractivity contribution < 1.29 is 9.13 Å². The molecule has 1 saturated heterocycles. The predicted molar refractivity (Wildman–Crippen MR) is 74.2 cm³/mol. The van der Waals surface area contributed by atoms with Crippen molar-refractivity contribution >= 4 is 21.6 Å². The van der Waals surface area contributed by atoms with Gasteiger partial charge < -0.3 is 15.4 Å². The molecule has 3 nitrogen and oxygen atoms in total. The fourth-order valence-corrected chi connectivity index (χ4v) is 2.85. The quantitative estimate of drug-likeness (QED) is 0.911. The van der Waals surface area contributed by atoms with Crippen molar-refractivity contribution in [2.24, 2.45) is 5.73 Å². The number of hydrogen-bond acceptors (Lipinski definition) is 3. The van der Waals surface area contributed by atoms with E-state index in [9.17, 15) is 4.39 Å². The second-order valence-electron chi connectivity index (χ2n) is 4.74. The van der Waals surface area contributed by atoms with E-state index in [0.717, 1.165) is 5.56 Å². The number of nitrogens with zero attached hydrogens (tertiary/aromatic N) is 1. The SMILES string of the molecule is CC1CN(c2ccc(CN)c(Br)c2F)CC(C)O1. The summed E-state index contributed by atoms with van der Waals surface area (Å²) in [5.74, 6) is -0.237. The van der Waals surface area contributed by atoms with E-state index in [2.05, 4.69) is 15.9 Å². The number of ether oxygens (including phenoxy) is 1. The zero-order valence-corrected chi connectivity index (χ0v) is 12.2. The minimum absolute atomic E-state index is 0.112. The Hall–Kier alpha value is -0.650. The highest BCUT2D eigenvalue weighted by Crippen LogP contribution is 2.31. The molecule has 2 rings (SSSR count). The number of morpholine rings is 1. The van der Waals surface area contributed by atoms with Crippen LogP contribution >= 0.6 is 15.9 Å². The molecule has 5 heteroatoms. The number of anilines is 1. The number of hydrogen-bond donors (Lipinski definition) is 1. The van der Waals surface area contributed by atoms with Crippen molar-refractivity contribution in [3.63, 3.8) is 0 Å². The molecule has 2 N–H and O–H groups in total. The van der Waals surface area contributed by atoms with E-state index in [1.165, 1.54) is 0 Å². The van der Waals surface area contributed by atoms with Crippen LogP contribution < -0.4 is 10.6 Å². The third-order valence-electron chi connectivity index (χ3n) is 3.12. The summed E-state index contributed by atoms with van der Waals surface area (Å²) in [6.45, 7) is 5.74.